The zero-order chi connectivity index (χ0) is 23.9. The molecule has 0 radical (unpaired) electrons. The quantitative estimate of drug-likeness (QED) is 0.400. The summed E-state index contributed by atoms with van der Waals surface area (Å²) in [4.78, 5) is 0. The van der Waals surface area contributed by atoms with Crippen LogP contribution in [0.3, 0.4) is 0 Å². The highest BCUT2D eigenvalue weighted by molar-refractivity contribution is 5.92. The Bertz CT molecular complexity index is 1410. The molecule has 0 aliphatic heterocycles. The molecular weight excluding hydrogens is 426 g/mol. The Morgan fingerprint density at radius 2 is 1.71 bits per heavy atom. The molecule has 0 amide bonds. The van der Waals surface area contributed by atoms with Crippen molar-refractivity contribution in [2.75, 3.05) is 12.8 Å². The third kappa shape index (κ3) is 4.45. The van der Waals surface area contributed by atoms with Gasteiger partial charge in [0.1, 0.15) is 35.8 Å². The summed E-state index contributed by atoms with van der Waals surface area (Å²) in [5.41, 5.74) is 9.02. The van der Waals surface area contributed by atoms with Crippen molar-refractivity contribution in [3.05, 3.63) is 101 Å². The van der Waals surface area contributed by atoms with Gasteiger partial charge in [-0.25, -0.2) is 4.68 Å². The number of para-hydroxylation sites is 2. The highest BCUT2D eigenvalue weighted by Crippen LogP contribution is 2.35. The van der Waals surface area contributed by atoms with E-state index in [1.54, 1.807) is 25.3 Å². The van der Waals surface area contributed by atoms with Crippen LogP contribution in [0.25, 0.3) is 17.3 Å². The summed E-state index contributed by atoms with van der Waals surface area (Å²) in [5, 5.41) is 24.2. The standard InChI is InChI=1S/C27H21N5O2/c1-33-24-14-8-11-20(26(24)34-18-19-9-4-2-5-10-19)15-21(16-28)25-23(17-29)27(30)32(31-25)22-12-6-3-7-13-22/h2-15H,18,30H2,1H3/b21-15+. The first kappa shape index (κ1) is 22.2. The Labute approximate surface area is 197 Å². The molecule has 1 aromatic heterocycles. The Kier molecular flexibility index (Phi) is 6.58. The fourth-order valence-electron chi connectivity index (χ4n) is 3.50. The fraction of sp³-hybridized carbons (Fsp3) is 0.0741. The van der Waals surface area contributed by atoms with E-state index in [9.17, 15) is 10.5 Å². The van der Waals surface area contributed by atoms with Crippen molar-refractivity contribution in [3.63, 3.8) is 0 Å². The fourth-order valence-corrected chi connectivity index (χ4v) is 3.50. The zero-order valence-corrected chi connectivity index (χ0v) is 18.5. The van der Waals surface area contributed by atoms with Gasteiger partial charge in [0.25, 0.3) is 0 Å². The number of anilines is 1. The summed E-state index contributed by atoms with van der Waals surface area (Å²) in [5.74, 6) is 1.17. The normalized spacial score (nSPS) is 10.9. The molecule has 0 bridgehead atoms. The minimum Gasteiger partial charge on any atom is -0.493 e. The first-order valence-corrected chi connectivity index (χ1v) is 10.5. The Balaban J connectivity index is 1.78. The number of nitrogen functional groups attached to an aromatic ring is 1. The van der Waals surface area contributed by atoms with E-state index in [1.807, 2.05) is 66.7 Å². The van der Waals surface area contributed by atoms with Crippen LogP contribution in [0.4, 0.5) is 5.82 Å². The van der Waals surface area contributed by atoms with Gasteiger partial charge >= 0.3 is 0 Å². The molecule has 7 heteroatoms. The van der Waals surface area contributed by atoms with Crippen molar-refractivity contribution < 1.29 is 9.47 Å². The minimum absolute atomic E-state index is 0.131. The highest BCUT2D eigenvalue weighted by Gasteiger charge is 2.21. The van der Waals surface area contributed by atoms with E-state index < -0.39 is 0 Å². The molecule has 4 rings (SSSR count). The van der Waals surface area contributed by atoms with Crippen LogP contribution >= 0.6 is 0 Å². The van der Waals surface area contributed by atoms with Crippen LogP contribution in [-0.2, 0) is 6.61 Å². The van der Waals surface area contributed by atoms with Crippen molar-refractivity contribution in [2.24, 2.45) is 0 Å². The molecule has 0 aliphatic rings. The van der Waals surface area contributed by atoms with Crippen molar-refractivity contribution >= 4 is 17.5 Å². The lowest BCUT2D eigenvalue weighted by Gasteiger charge is -2.13. The number of ether oxygens (including phenoxy) is 2. The predicted molar refractivity (Wildman–Crippen MR) is 130 cm³/mol. The van der Waals surface area contributed by atoms with Gasteiger partial charge in [-0.1, -0.05) is 60.7 Å². The second-order valence-electron chi connectivity index (χ2n) is 7.29. The molecule has 0 fully saturated rings. The third-order valence-electron chi connectivity index (χ3n) is 5.16. The number of nitriles is 2. The molecule has 0 saturated carbocycles. The van der Waals surface area contributed by atoms with Gasteiger partial charge in [0.15, 0.2) is 11.5 Å². The molecule has 0 spiro atoms. The summed E-state index contributed by atoms with van der Waals surface area (Å²) >= 11 is 0. The topological polar surface area (TPSA) is 110 Å². The molecule has 0 unspecified atom stereocenters. The number of nitrogens with zero attached hydrogens (tertiary/aromatic N) is 4. The number of methoxy groups -OCH3 is 1. The maximum atomic E-state index is 9.97. The Morgan fingerprint density at radius 3 is 2.35 bits per heavy atom. The molecule has 0 atom stereocenters. The maximum absolute atomic E-state index is 9.97. The van der Waals surface area contributed by atoms with Gasteiger partial charge in [0.05, 0.1) is 18.4 Å². The number of hydrogen-bond acceptors (Lipinski definition) is 6. The van der Waals surface area contributed by atoms with Crippen molar-refractivity contribution in [2.45, 2.75) is 6.61 Å². The first-order valence-electron chi connectivity index (χ1n) is 10.5. The second-order valence-corrected chi connectivity index (χ2v) is 7.29. The van der Waals surface area contributed by atoms with Crippen LogP contribution in [0.15, 0.2) is 78.9 Å². The number of benzene rings is 3. The van der Waals surface area contributed by atoms with Gasteiger partial charge < -0.3 is 15.2 Å². The molecule has 1 heterocycles. The Morgan fingerprint density at radius 1 is 1.00 bits per heavy atom. The minimum atomic E-state index is 0.131. The lowest BCUT2D eigenvalue weighted by atomic mass is 10.0. The van der Waals surface area contributed by atoms with E-state index in [2.05, 4.69) is 17.2 Å². The highest BCUT2D eigenvalue weighted by atomic mass is 16.5. The van der Waals surface area contributed by atoms with Gasteiger partial charge in [-0.2, -0.15) is 15.6 Å². The lowest BCUT2D eigenvalue weighted by molar-refractivity contribution is 0.284. The summed E-state index contributed by atoms with van der Waals surface area (Å²) in [7, 11) is 1.55. The summed E-state index contributed by atoms with van der Waals surface area (Å²) in [6, 6.07) is 28.6. The van der Waals surface area contributed by atoms with Crippen LogP contribution in [0.2, 0.25) is 0 Å². The maximum Gasteiger partial charge on any atom is 0.168 e. The van der Waals surface area contributed by atoms with Gasteiger partial charge in [-0.15, -0.1) is 0 Å². The van der Waals surface area contributed by atoms with Gasteiger partial charge in [0, 0.05) is 5.56 Å². The zero-order valence-electron chi connectivity index (χ0n) is 18.5. The number of nitrogens with two attached hydrogens (primary N) is 1. The van der Waals surface area contributed by atoms with Crippen LogP contribution in [-0.4, -0.2) is 16.9 Å². The second kappa shape index (κ2) is 10.1. The molecule has 2 N–H and O–H groups in total. The first-order chi connectivity index (χ1) is 16.7. The smallest absolute Gasteiger partial charge is 0.168 e. The van der Waals surface area contributed by atoms with Crippen molar-refractivity contribution in [1.29, 1.82) is 10.5 Å². The molecule has 0 aliphatic carbocycles. The van der Waals surface area contributed by atoms with E-state index in [-0.39, 0.29) is 22.6 Å². The number of allylic oxidation sites excluding steroid dienone is 1. The van der Waals surface area contributed by atoms with Crippen molar-refractivity contribution in [1.82, 2.24) is 9.78 Å². The van der Waals surface area contributed by atoms with Gasteiger partial charge in [-0.05, 0) is 29.8 Å². The number of hydrogen-bond donors (Lipinski definition) is 1. The molecular formula is C27H21N5O2. The summed E-state index contributed by atoms with van der Waals surface area (Å²) < 4.78 is 13.0. The number of rotatable bonds is 7. The molecule has 3 aromatic carbocycles. The average Bonchev–Trinajstić information content (AvgIpc) is 3.23. The van der Waals surface area contributed by atoms with Gasteiger partial charge in [0.2, 0.25) is 0 Å². The molecule has 166 valence electrons. The molecule has 0 saturated heterocycles. The van der Waals surface area contributed by atoms with E-state index in [4.69, 9.17) is 15.2 Å². The number of aromatic nitrogens is 2. The molecule has 7 nitrogen and oxygen atoms in total. The third-order valence-corrected chi connectivity index (χ3v) is 5.16. The van der Waals surface area contributed by atoms with E-state index in [1.165, 1.54) is 4.68 Å². The van der Waals surface area contributed by atoms with E-state index >= 15 is 0 Å². The van der Waals surface area contributed by atoms with Crippen LogP contribution in [0.5, 0.6) is 11.5 Å². The van der Waals surface area contributed by atoms with Crippen molar-refractivity contribution in [3.8, 4) is 29.3 Å². The SMILES string of the molecule is COc1cccc(/C=C(\C#N)c2nn(-c3ccccc3)c(N)c2C#N)c1OCc1ccccc1. The van der Waals surface area contributed by atoms with E-state index in [0.29, 0.717) is 29.4 Å². The van der Waals surface area contributed by atoms with E-state index in [0.717, 1.165) is 5.56 Å². The van der Waals surface area contributed by atoms with Crippen LogP contribution < -0.4 is 15.2 Å². The van der Waals surface area contributed by atoms with Crippen LogP contribution in [0, 0.1) is 22.7 Å². The van der Waals surface area contributed by atoms with Gasteiger partial charge in [-0.3, -0.25) is 0 Å². The largest absolute Gasteiger partial charge is 0.493 e. The Hall–Kier alpha value is -5.01. The molecule has 34 heavy (non-hydrogen) atoms. The lowest BCUT2D eigenvalue weighted by Crippen LogP contribution is -2.02. The summed E-state index contributed by atoms with van der Waals surface area (Å²) in [6.07, 6.45) is 1.63. The monoisotopic (exact) mass is 447 g/mol. The predicted octanol–water partition coefficient (Wildman–Crippen LogP) is 4.98. The van der Waals surface area contributed by atoms with Crippen LogP contribution in [0.1, 0.15) is 22.4 Å². The average molecular weight is 447 g/mol. The summed E-state index contributed by atoms with van der Waals surface area (Å²) in [6.45, 7) is 0.322. The molecule has 4 aromatic rings.